The van der Waals surface area contributed by atoms with Crippen molar-refractivity contribution >= 4 is 12.0 Å². The maximum Gasteiger partial charge on any atom is 0.409 e. The van der Waals surface area contributed by atoms with Gasteiger partial charge in [0, 0.05) is 27.1 Å². The van der Waals surface area contributed by atoms with Gasteiger partial charge in [-0.25, -0.2) is 4.79 Å². The number of methoxy groups -OCH3 is 1. The first-order valence-electron chi connectivity index (χ1n) is 5.31. The largest absolute Gasteiger partial charge is 0.444 e. The van der Waals surface area contributed by atoms with E-state index in [1.807, 2.05) is 0 Å². The fraction of sp³-hybridized carbons (Fsp3) is 0.800. The van der Waals surface area contributed by atoms with E-state index in [1.165, 1.54) is 4.90 Å². The molecule has 1 aliphatic rings. The Morgan fingerprint density at radius 2 is 2.44 bits per heavy atom. The Morgan fingerprint density at radius 3 is 3.00 bits per heavy atom. The fourth-order valence-corrected chi connectivity index (χ4v) is 1.47. The van der Waals surface area contributed by atoms with E-state index in [0.29, 0.717) is 32.5 Å². The molecule has 6 nitrogen and oxygen atoms in total. The second kappa shape index (κ2) is 6.32. The summed E-state index contributed by atoms with van der Waals surface area (Å²) in [5.41, 5.74) is 0. The first kappa shape index (κ1) is 12.8. The number of rotatable bonds is 6. The van der Waals surface area contributed by atoms with Crippen LogP contribution in [0.2, 0.25) is 0 Å². The van der Waals surface area contributed by atoms with Gasteiger partial charge in [-0.15, -0.1) is 0 Å². The van der Waals surface area contributed by atoms with Crippen LogP contribution in [-0.2, 0) is 14.3 Å². The lowest BCUT2D eigenvalue weighted by atomic mass is 10.2. The van der Waals surface area contributed by atoms with Gasteiger partial charge in [-0.3, -0.25) is 4.79 Å². The first-order valence-corrected chi connectivity index (χ1v) is 5.31. The molecule has 1 heterocycles. The normalized spacial score (nSPS) is 19.8. The Morgan fingerprint density at radius 1 is 1.69 bits per heavy atom. The standard InChI is InChI=1S/C10H18N2O4/c1-12-7-8(16-10(12)14)3-4-9(13)11-5-6-15-2/h8H,3-7H2,1-2H3,(H,11,13). The van der Waals surface area contributed by atoms with Gasteiger partial charge in [-0.05, 0) is 6.42 Å². The summed E-state index contributed by atoms with van der Waals surface area (Å²) in [7, 11) is 3.26. The zero-order valence-corrected chi connectivity index (χ0v) is 9.69. The highest BCUT2D eigenvalue weighted by Gasteiger charge is 2.28. The summed E-state index contributed by atoms with van der Waals surface area (Å²) < 4.78 is 9.84. The lowest BCUT2D eigenvalue weighted by Gasteiger charge is -2.08. The minimum absolute atomic E-state index is 0.0392. The quantitative estimate of drug-likeness (QED) is 0.651. The monoisotopic (exact) mass is 230 g/mol. The summed E-state index contributed by atoms with van der Waals surface area (Å²) >= 11 is 0. The molecular weight excluding hydrogens is 212 g/mol. The summed E-state index contributed by atoms with van der Waals surface area (Å²) in [5.74, 6) is -0.0392. The first-order chi connectivity index (χ1) is 7.63. The molecule has 2 amide bonds. The van der Waals surface area contributed by atoms with Gasteiger partial charge in [0.1, 0.15) is 6.10 Å². The minimum Gasteiger partial charge on any atom is -0.444 e. The van der Waals surface area contributed by atoms with E-state index in [9.17, 15) is 9.59 Å². The summed E-state index contributed by atoms with van der Waals surface area (Å²) in [6, 6.07) is 0. The van der Waals surface area contributed by atoms with Crippen molar-refractivity contribution in [2.24, 2.45) is 0 Å². The van der Waals surface area contributed by atoms with E-state index in [4.69, 9.17) is 9.47 Å². The number of carbonyl (C=O) groups excluding carboxylic acids is 2. The van der Waals surface area contributed by atoms with Gasteiger partial charge in [-0.1, -0.05) is 0 Å². The van der Waals surface area contributed by atoms with Crippen LogP contribution < -0.4 is 5.32 Å². The van der Waals surface area contributed by atoms with Gasteiger partial charge >= 0.3 is 6.09 Å². The van der Waals surface area contributed by atoms with Crippen LogP contribution in [-0.4, -0.2) is 56.9 Å². The van der Waals surface area contributed by atoms with Crippen LogP contribution >= 0.6 is 0 Å². The summed E-state index contributed by atoms with van der Waals surface area (Å²) in [4.78, 5) is 23.9. The molecule has 6 heteroatoms. The minimum atomic E-state index is -0.315. The Kier molecular flexibility index (Phi) is 5.04. The highest BCUT2D eigenvalue weighted by Crippen LogP contribution is 2.13. The zero-order chi connectivity index (χ0) is 12.0. The molecule has 0 radical (unpaired) electrons. The number of hydrogen-bond acceptors (Lipinski definition) is 4. The number of nitrogens with one attached hydrogen (secondary N) is 1. The van der Waals surface area contributed by atoms with Crippen molar-refractivity contribution in [1.82, 2.24) is 10.2 Å². The third-order valence-corrected chi connectivity index (χ3v) is 2.38. The highest BCUT2D eigenvalue weighted by atomic mass is 16.6. The van der Waals surface area contributed by atoms with E-state index < -0.39 is 0 Å². The number of likely N-dealkylation sites (N-methyl/N-ethyl adjacent to an activating group) is 1. The Bertz CT molecular complexity index is 257. The van der Waals surface area contributed by atoms with Crippen LogP contribution in [0.25, 0.3) is 0 Å². The second-order valence-electron chi connectivity index (χ2n) is 3.77. The van der Waals surface area contributed by atoms with Crippen LogP contribution in [0.15, 0.2) is 0 Å². The molecular formula is C10H18N2O4. The third-order valence-electron chi connectivity index (χ3n) is 2.38. The van der Waals surface area contributed by atoms with Crippen molar-refractivity contribution < 1.29 is 19.1 Å². The highest BCUT2D eigenvalue weighted by molar-refractivity contribution is 5.76. The summed E-state index contributed by atoms with van der Waals surface area (Å²) in [5, 5.41) is 2.71. The maximum absolute atomic E-state index is 11.3. The molecule has 1 fully saturated rings. The van der Waals surface area contributed by atoms with Gasteiger partial charge in [0.05, 0.1) is 13.2 Å². The SMILES string of the molecule is COCCNC(=O)CCC1CN(C)C(=O)O1. The van der Waals surface area contributed by atoms with Gasteiger partial charge in [0.2, 0.25) is 5.91 Å². The van der Waals surface area contributed by atoms with Crippen LogP contribution in [0.5, 0.6) is 0 Å². The number of ether oxygens (including phenoxy) is 2. The average molecular weight is 230 g/mol. The van der Waals surface area contributed by atoms with E-state index in [-0.39, 0.29) is 18.1 Å². The maximum atomic E-state index is 11.3. The van der Waals surface area contributed by atoms with Crippen LogP contribution in [0.1, 0.15) is 12.8 Å². The van der Waals surface area contributed by atoms with Crippen molar-refractivity contribution in [3.8, 4) is 0 Å². The predicted octanol–water partition coefficient (Wildman–Crippen LogP) is -0.0202. The van der Waals surface area contributed by atoms with Crippen molar-refractivity contribution in [2.75, 3.05) is 33.9 Å². The Balaban J connectivity index is 2.10. The zero-order valence-electron chi connectivity index (χ0n) is 9.69. The number of carbonyl (C=O) groups is 2. The fourth-order valence-electron chi connectivity index (χ4n) is 1.47. The number of amides is 2. The van der Waals surface area contributed by atoms with Gasteiger partial charge < -0.3 is 19.7 Å². The molecule has 0 spiro atoms. The van der Waals surface area contributed by atoms with Crippen molar-refractivity contribution in [1.29, 1.82) is 0 Å². The van der Waals surface area contributed by atoms with Crippen LogP contribution in [0.3, 0.4) is 0 Å². The topological polar surface area (TPSA) is 67.9 Å². The Labute approximate surface area is 94.9 Å². The molecule has 92 valence electrons. The molecule has 1 aliphatic heterocycles. The number of cyclic esters (lactones) is 1. The van der Waals surface area contributed by atoms with Gasteiger partial charge in [0.25, 0.3) is 0 Å². The molecule has 1 saturated heterocycles. The molecule has 0 aromatic heterocycles. The molecule has 0 bridgehead atoms. The van der Waals surface area contributed by atoms with E-state index >= 15 is 0 Å². The lowest BCUT2D eigenvalue weighted by molar-refractivity contribution is -0.121. The molecule has 1 atom stereocenters. The van der Waals surface area contributed by atoms with Gasteiger partial charge in [0.15, 0.2) is 0 Å². The Hall–Kier alpha value is -1.30. The average Bonchev–Trinajstić information content (AvgIpc) is 2.56. The van der Waals surface area contributed by atoms with Gasteiger partial charge in [-0.2, -0.15) is 0 Å². The van der Waals surface area contributed by atoms with Crippen LogP contribution in [0, 0.1) is 0 Å². The predicted molar refractivity (Wildman–Crippen MR) is 57.0 cm³/mol. The van der Waals surface area contributed by atoms with Crippen molar-refractivity contribution in [2.45, 2.75) is 18.9 Å². The molecule has 1 unspecified atom stereocenters. The van der Waals surface area contributed by atoms with Crippen molar-refractivity contribution in [3.63, 3.8) is 0 Å². The second-order valence-corrected chi connectivity index (χ2v) is 3.77. The summed E-state index contributed by atoms with van der Waals surface area (Å²) in [6.07, 6.45) is 0.458. The van der Waals surface area contributed by atoms with Crippen LogP contribution in [0.4, 0.5) is 4.79 Å². The molecule has 1 N–H and O–H groups in total. The molecule has 0 aromatic carbocycles. The number of hydrogen-bond donors (Lipinski definition) is 1. The number of nitrogens with zero attached hydrogens (tertiary/aromatic N) is 1. The molecule has 1 rings (SSSR count). The lowest BCUT2D eigenvalue weighted by Crippen LogP contribution is -2.28. The molecule has 0 aliphatic carbocycles. The molecule has 0 aromatic rings. The van der Waals surface area contributed by atoms with E-state index in [1.54, 1.807) is 14.2 Å². The molecule has 0 saturated carbocycles. The summed E-state index contributed by atoms with van der Waals surface area (Å²) in [6.45, 7) is 1.58. The van der Waals surface area contributed by atoms with Crippen molar-refractivity contribution in [3.05, 3.63) is 0 Å². The van der Waals surface area contributed by atoms with E-state index in [2.05, 4.69) is 5.32 Å². The molecule has 16 heavy (non-hydrogen) atoms. The van der Waals surface area contributed by atoms with E-state index in [0.717, 1.165) is 0 Å². The third kappa shape index (κ3) is 4.06. The smallest absolute Gasteiger partial charge is 0.409 e.